The van der Waals surface area contributed by atoms with E-state index in [0.717, 1.165) is 38.2 Å². The third kappa shape index (κ3) is 4.77. The molecule has 3 rings (SSSR count). The highest BCUT2D eigenvalue weighted by atomic mass is 19.1. The van der Waals surface area contributed by atoms with Crippen molar-refractivity contribution in [3.8, 4) is 0 Å². The Bertz CT molecular complexity index is 578. The van der Waals surface area contributed by atoms with Crippen LogP contribution in [0.2, 0.25) is 0 Å². The van der Waals surface area contributed by atoms with Crippen LogP contribution in [-0.4, -0.2) is 79.1 Å². The predicted octanol–water partition coefficient (Wildman–Crippen LogP) is 1.58. The van der Waals surface area contributed by atoms with Gasteiger partial charge in [0, 0.05) is 44.8 Å². The van der Waals surface area contributed by atoms with Gasteiger partial charge < -0.3 is 9.64 Å². The SMILES string of the molecule is C[C@@H](C(=O)N1CCOCC1)N1CCCN(Cc2ccccc2F)CC1. The number of carbonyl (C=O) groups excluding carboxylic acids is 1. The van der Waals surface area contributed by atoms with Crippen LogP contribution in [-0.2, 0) is 16.1 Å². The van der Waals surface area contributed by atoms with Crippen LogP contribution in [0.15, 0.2) is 24.3 Å². The number of carbonyl (C=O) groups is 1. The van der Waals surface area contributed by atoms with Gasteiger partial charge in [-0.05, 0) is 26.0 Å². The number of amides is 1. The molecule has 1 aromatic carbocycles. The first-order valence-electron chi connectivity index (χ1n) is 9.21. The summed E-state index contributed by atoms with van der Waals surface area (Å²) in [5.74, 6) is 0.0605. The largest absolute Gasteiger partial charge is 0.378 e. The Hall–Kier alpha value is -1.50. The quantitative estimate of drug-likeness (QED) is 0.827. The Morgan fingerprint density at radius 3 is 2.64 bits per heavy atom. The molecule has 1 aromatic rings. The Morgan fingerprint density at radius 1 is 1.12 bits per heavy atom. The molecule has 0 saturated carbocycles. The molecule has 0 unspecified atom stereocenters. The predicted molar refractivity (Wildman–Crippen MR) is 94.7 cm³/mol. The topological polar surface area (TPSA) is 36.0 Å². The van der Waals surface area contributed by atoms with Gasteiger partial charge in [-0.15, -0.1) is 0 Å². The Labute approximate surface area is 149 Å². The van der Waals surface area contributed by atoms with E-state index < -0.39 is 0 Å². The van der Waals surface area contributed by atoms with Gasteiger partial charge in [0.15, 0.2) is 0 Å². The molecule has 138 valence electrons. The molecule has 0 aromatic heterocycles. The fourth-order valence-corrected chi connectivity index (χ4v) is 3.61. The molecule has 2 aliphatic heterocycles. The van der Waals surface area contributed by atoms with E-state index in [2.05, 4.69) is 9.80 Å². The number of morpholine rings is 1. The Balaban J connectivity index is 1.54. The molecule has 0 spiro atoms. The summed E-state index contributed by atoms with van der Waals surface area (Å²) in [6, 6.07) is 6.87. The average molecular weight is 349 g/mol. The van der Waals surface area contributed by atoms with Crippen LogP contribution in [0.1, 0.15) is 18.9 Å². The zero-order chi connectivity index (χ0) is 17.6. The van der Waals surface area contributed by atoms with Gasteiger partial charge in [-0.1, -0.05) is 18.2 Å². The minimum Gasteiger partial charge on any atom is -0.378 e. The van der Waals surface area contributed by atoms with Crippen LogP contribution in [0.5, 0.6) is 0 Å². The van der Waals surface area contributed by atoms with Crippen molar-refractivity contribution in [2.24, 2.45) is 0 Å². The average Bonchev–Trinajstić information content (AvgIpc) is 2.89. The maximum Gasteiger partial charge on any atom is 0.239 e. The number of ether oxygens (including phenoxy) is 1. The van der Waals surface area contributed by atoms with Crippen molar-refractivity contribution in [2.45, 2.75) is 25.9 Å². The molecule has 0 bridgehead atoms. The summed E-state index contributed by atoms with van der Waals surface area (Å²) in [5.41, 5.74) is 0.744. The smallest absolute Gasteiger partial charge is 0.239 e. The van der Waals surface area contributed by atoms with E-state index in [9.17, 15) is 9.18 Å². The van der Waals surface area contributed by atoms with Gasteiger partial charge in [0.05, 0.1) is 19.3 Å². The minimum atomic E-state index is -0.139. The maximum absolute atomic E-state index is 13.9. The lowest BCUT2D eigenvalue weighted by Crippen LogP contribution is -2.51. The van der Waals surface area contributed by atoms with Crippen molar-refractivity contribution >= 4 is 5.91 Å². The molecule has 5 nitrogen and oxygen atoms in total. The van der Waals surface area contributed by atoms with Crippen LogP contribution in [0.3, 0.4) is 0 Å². The summed E-state index contributed by atoms with van der Waals surface area (Å²) < 4.78 is 19.2. The van der Waals surface area contributed by atoms with Gasteiger partial charge in [-0.2, -0.15) is 0 Å². The highest BCUT2D eigenvalue weighted by molar-refractivity contribution is 5.81. The van der Waals surface area contributed by atoms with Crippen molar-refractivity contribution < 1.29 is 13.9 Å². The normalized spacial score (nSPS) is 21.8. The van der Waals surface area contributed by atoms with Gasteiger partial charge in [-0.25, -0.2) is 4.39 Å². The molecular weight excluding hydrogens is 321 g/mol. The van der Waals surface area contributed by atoms with Crippen molar-refractivity contribution in [3.05, 3.63) is 35.6 Å². The van der Waals surface area contributed by atoms with E-state index >= 15 is 0 Å². The molecule has 25 heavy (non-hydrogen) atoms. The molecule has 2 heterocycles. The Morgan fingerprint density at radius 2 is 1.88 bits per heavy atom. The minimum absolute atomic E-state index is 0.105. The summed E-state index contributed by atoms with van der Waals surface area (Å²) in [6.45, 7) is 8.82. The molecule has 2 fully saturated rings. The lowest BCUT2D eigenvalue weighted by molar-refractivity contribution is -0.140. The summed E-state index contributed by atoms with van der Waals surface area (Å²) in [7, 11) is 0. The van der Waals surface area contributed by atoms with Crippen LogP contribution in [0.4, 0.5) is 4.39 Å². The number of hydrogen-bond donors (Lipinski definition) is 0. The summed E-state index contributed by atoms with van der Waals surface area (Å²) in [6.07, 6.45) is 0.995. The van der Waals surface area contributed by atoms with E-state index in [-0.39, 0.29) is 17.8 Å². The lowest BCUT2D eigenvalue weighted by Gasteiger charge is -2.34. The third-order valence-corrected chi connectivity index (χ3v) is 5.20. The van der Waals surface area contributed by atoms with Crippen molar-refractivity contribution in [3.63, 3.8) is 0 Å². The van der Waals surface area contributed by atoms with Crippen LogP contribution >= 0.6 is 0 Å². The fraction of sp³-hybridized carbons (Fsp3) is 0.632. The second kappa shape index (κ2) is 8.74. The van der Waals surface area contributed by atoms with Crippen LogP contribution in [0, 0.1) is 5.82 Å². The third-order valence-electron chi connectivity index (χ3n) is 5.20. The second-order valence-electron chi connectivity index (χ2n) is 6.87. The maximum atomic E-state index is 13.9. The molecule has 6 heteroatoms. The summed E-state index contributed by atoms with van der Waals surface area (Å²) in [5, 5.41) is 0. The van der Waals surface area contributed by atoms with E-state index in [1.54, 1.807) is 6.07 Å². The zero-order valence-electron chi connectivity index (χ0n) is 15.0. The van der Waals surface area contributed by atoms with Crippen LogP contribution < -0.4 is 0 Å². The molecule has 1 atom stereocenters. The van der Waals surface area contributed by atoms with Gasteiger partial charge in [-0.3, -0.25) is 14.6 Å². The number of benzene rings is 1. The number of nitrogens with zero attached hydrogens (tertiary/aromatic N) is 3. The second-order valence-corrected chi connectivity index (χ2v) is 6.87. The highest BCUT2D eigenvalue weighted by Crippen LogP contribution is 2.14. The monoisotopic (exact) mass is 349 g/mol. The van der Waals surface area contributed by atoms with Gasteiger partial charge >= 0.3 is 0 Å². The molecule has 0 N–H and O–H groups in total. The van der Waals surface area contributed by atoms with Gasteiger partial charge in [0.1, 0.15) is 5.82 Å². The lowest BCUT2D eigenvalue weighted by atomic mass is 10.2. The van der Waals surface area contributed by atoms with Crippen LogP contribution in [0.25, 0.3) is 0 Å². The Kier molecular flexibility index (Phi) is 6.39. The van der Waals surface area contributed by atoms with Gasteiger partial charge in [0.25, 0.3) is 0 Å². The summed E-state index contributed by atoms with van der Waals surface area (Å²) >= 11 is 0. The number of rotatable bonds is 4. The standard InChI is InChI=1S/C19H28FN3O2/c1-16(19(24)23-11-13-25-14-12-23)22-8-4-7-21(9-10-22)15-17-5-2-3-6-18(17)20/h2-3,5-6,16H,4,7-15H2,1H3/t16-/m0/s1. The molecule has 0 aliphatic carbocycles. The first-order valence-corrected chi connectivity index (χ1v) is 9.21. The van der Waals surface area contributed by atoms with Gasteiger partial charge in [0.2, 0.25) is 5.91 Å². The zero-order valence-corrected chi connectivity index (χ0v) is 15.0. The van der Waals surface area contributed by atoms with Crippen molar-refractivity contribution in [2.75, 3.05) is 52.5 Å². The van der Waals surface area contributed by atoms with E-state index in [1.165, 1.54) is 6.07 Å². The fourth-order valence-electron chi connectivity index (χ4n) is 3.61. The summed E-state index contributed by atoms with van der Waals surface area (Å²) in [4.78, 5) is 19.2. The molecule has 2 aliphatic rings. The molecule has 1 amide bonds. The number of halogens is 1. The first kappa shape index (κ1) is 18.3. The van der Waals surface area contributed by atoms with Crippen molar-refractivity contribution in [1.29, 1.82) is 0 Å². The van der Waals surface area contributed by atoms with Crippen molar-refractivity contribution in [1.82, 2.24) is 14.7 Å². The number of hydrogen-bond acceptors (Lipinski definition) is 4. The van der Waals surface area contributed by atoms with E-state index in [1.807, 2.05) is 24.0 Å². The first-order chi connectivity index (χ1) is 12.1. The molecule has 2 saturated heterocycles. The highest BCUT2D eigenvalue weighted by Gasteiger charge is 2.28. The van der Waals surface area contributed by atoms with E-state index in [4.69, 9.17) is 4.74 Å². The molecule has 0 radical (unpaired) electrons. The van der Waals surface area contributed by atoms with E-state index in [0.29, 0.717) is 32.8 Å². The molecular formula is C19H28FN3O2.